The van der Waals surface area contributed by atoms with Crippen LogP contribution >= 0.6 is 11.3 Å². The second-order valence-electron chi connectivity index (χ2n) is 5.30. The second-order valence-corrected chi connectivity index (χ2v) is 6.19. The van der Waals surface area contributed by atoms with Gasteiger partial charge >= 0.3 is 0 Å². The summed E-state index contributed by atoms with van der Waals surface area (Å²) in [6.07, 6.45) is 1.54. The molecular formula is C18H11N3OS. The highest BCUT2D eigenvalue weighted by Crippen LogP contribution is 2.32. The van der Waals surface area contributed by atoms with Crippen molar-refractivity contribution in [3.05, 3.63) is 60.2 Å². The molecule has 3 aromatic heterocycles. The van der Waals surface area contributed by atoms with E-state index in [-0.39, 0.29) is 0 Å². The zero-order valence-electron chi connectivity index (χ0n) is 12.0. The zero-order chi connectivity index (χ0) is 15.2. The highest BCUT2D eigenvalue weighted by atomic mass is 32.1. The van der Waals surface area contributed by atoms with E-state index in [4.69, 9.17) is 4.74 Å². The number of benzene rings is 2. The van der Waals surface area contributed by atoms with Gasteiger partial charge in [-0.05, 0) is 29.6 Å². The van der Waals surface area contributed by atoms with Gasteiger partial charge in [0.1, 0.15) is 16.9 Å². The molecule has 0 saturated carbocycles. The summed E-state index contributed by atoms with van der Waals surface area (Å²) in [5.74, 6) is 1.35. The molecule has 0 radical (unpaired) electrons. The van der Waals surface area contributed by atoms with Gasteiger partial charge in [0, 0.05) is 22.4 Å². The van der Waals surface area contributed by atoms with E-state index in [0.29, 0.717) is 5.88 Å². The molecule has 110 valence electrons. The van der Waals surface area contributed by atoms with Gasteiger partial charge in [-0.2, -0.15) is 0 Å². The van der Waals surface area contributed by atoms with Crippen molar-refractivity contribution in [1.29, 1.82) is 0 Å². The lowest BCUT2D eigenvalue weighted by Gasteiger charge is -2.05. The van der Waals surface area contributed by atoms with Crippen LogP contribution < -0.4 is 4.74 Å². The molecule has 0 bridgehead atoms. The molecular weight excluding hydrogens is 306 g/mol. The number of para-hydroxylation sites is 1. The summed E-state index contributed by atoms with van der Waals surface area (Å²) < 4.78 is 5.99. The van der Waals surface area contributed by atoms with Gasteiger partial charge in [-0.25, -0.2) is 9.97 Å². The molecule has 5 rings (SSSR count). The largest absolute Gasteiger partial charge is 0.438 e. The van der Waals surface area contributed by atoms with Crippen LogP contribution in [-0.2, 0) is 0 Å². The summed E-state index contributed by atoms with van der Waals surface area (Å²) in [6, 6.07) is 16.3. The van der Waals surface area contributed by atoms with E-state index in [1.165, 1.54) is 17.1 Å². The summed E-state index contributed by atoms with van der Waals surface area (Å²) >= 11 is 1.58. The van der Waals surface area contributed by atoms with Crippen LogP contribution in [-0.4, -0.2) is 15.0 Å². The van der Waals surface area contributed by atoms with Crippen LogP contribution in [0.25, 0.3) is 32.0 Å². The third-order valence-electron chi connectivity index (χ3n) is 3.92. The van der Waals surface area contributed by atoms with Crippen molar-refractivity contribution in [1.82, 2.24) is 15.0 Å². The first kappa shape index (κ1) is 12.6. The maximum Gasteiger partial charge on any atom is 0.231 e. The molecule has 23 heavy (non-hydrogen) atoms. The van der Waals surface area contributed by atoms with Crippen LogP contribution in [0.3, 0.4) is 0 Å². The molecule has 5 aromatic rings. The van der Waals surface area contributed by atoms with Crippen molar-refractivity contribution < 1.29 is 4.74 Å². The molecule has 2 aromatic carbocycles. The van der Waals surface area contributed by atoms with Crippen molar-refractivity contribution in [2.45, 2.75) is 0 Å². The summed E-state index contributed by atoms with van der Waals surface area (Å²) in [4.78, 5) is 12.9. The Morgan fingerprint density at radius 3 is 2.78 bits per heavy atom. The predicted octanol–water partition coefficient (Wildman–Crippen LogP) is 5.12. The van der Waals surface area contributed by atoms with Crippen LogP contribution in [0.2, 0.25) is 0 Å². The fraction of sp³-hybridized carbons (Fsp3) is 0. The molecule has 1 N–H and O–H groups in total. The Bertz CT molecular complexity index is 1160. The van der Waals surface area contributed by atoms with Gasteiger partial charge in [-0.3, -0.25) is 0 Å². The Kier molecular flexibility index (Phi) is 2.63. The first-order valence-electron chi connectivity index (χ1n) is 7.25. The summed E-state index contributed by atoms with van der Waals surface area (Å²) in [5, 5.41) is 5.34. The van der Waals surface area contributed by atoms with Gasteiger partial charge in [-0.1, -0.05) is 18.2 Å². The highest BCUT2D eigenvalue weighted by molar-refractivity contribution is 7.16. The minimum Gasteiger partial charge on any atom is -0.438 e. The van der Waals surface area contributed by atoms with Crippen molar-refractivity contribution >= 4 is 43.4 Å². The maximum atomic E-state index is 5.99. The van der Waals surface area contributed by atoms with Gasteiger partial charge in [0.15, 0.2) is 0 Å². The standard InChI is InChI=1S/C18H11N3OS/c1-2-4-15-12(3-1)13-6-5-11(9-16(13)21-15)22-17-14-7-8-23-18(14)20-10-19-17/h1-10,21H. The number of H-pyrrole nitrogens is 1. The highest BCUT2D eigenvalue weighted by Gasteiger charge is 2.09. The first-order valence-corrected chi connectivity index (χ1v) is 8.13. The average Bonchev–Trinajstić information content (AvgIpc) is 3.19. The molecule has 4 nitrogen and oxygen atoms in total. The van der Waals surface area contributed by atoms with E-state index in [9.17, 15) is 0 Å². The van der Waals surface area contributed by atoms with Crippen LogP contribution in [0.15, 0.2) is 60.2 Å². The van der Waals surface area contributed by atoms with Gasteiger partial charge in [0.2, 0.25) is 5.88 Å². The fourth-order valence-electron chi connectivity index (χ4n) is 2.86. The predicted molar refractivity (Wildman–Crippen MR) is 93.3 cm³/mol. The Morgan fingerprint density at radius 2 is 1.78 bits per heavy atom. The normalized spacial score (nSPS) is 11.5. The van der Waals surface area contributed by atoms with E-state index in [0.717, 1.165) is 27.0 Å². The van der Waals surface area contributed by atoms with Crippen molar-refractivity contribution in [3.8, 4) is 11.6 Å². The van der Waals surface area contributed by atoms with Crippen molar-refractivity contribution in [3.63, 3.8) is 0 Å². The van der Waals surface area contributed by atoms with Crippen LogP contribution in [0.4, 0.5) is 0 Å². The average molecular weight is 317 g/mol. The number of aromatic amines is 1. The molecule has 0 aliphatic carbocycles. The van der Waals surface area contributed by atoms with E-state index in [1.807, 2.05) is 35.7 Å². The number of aromatic nitrogens is 3. The minimum absolute atomic E-state index is 0.590. The van der Waals surface area contributed by atoms with E-state index in [1.54, 1.807) is 11.3 Å². The third-order valence-corrected chi connectivity index (χ3v) is 4.74. The second kappa shape index (κ2) is 4.79. The Labute approximate surface area is 135 Å². The molecule has 0 unspecified atom stereocenters. The van der Waals surface area contributed by atoms with E-state index in [2.05, 4.69) is 33.2 Å². The first-order chi connectivity index (χ1) is 11.4. The fourth-order valence-corrected chi connectivity index (χ4v) is 3.58. The number of nitrogens with one attached hydrogen (secondary N) is 1. The number of hydrogen-bond acceptors (Lipinski definition) is 4. The van der Waals surface area contributed by atoms with Gasteiger partial charge in [0.05, 0.1) is 10.9 Å². The van der Waals surface area contributed by atoms with Gasteiger partial charge in [0.25, 0.3) is 0 Å². The number of nitrogens with zero attached hydrogens (tertiary/aromatic N) is 2. The van der Waals surface area contributed by atoms with E-state index < -0.39 is 0 Å². The lowest BCUT2D eigenvalue weighted by atomic mass is 10.1. The summed E-state index contributed by atoms with van der Waals surface area (Å²) in [5.41, 5.74) is 2.18. The SMILES string of the molecule is c1ccc2c(c1)[nH]c1cc(Oc3ncnc4sccc34)ccc12. The Morgan fingerprint density at radius 1 is 0.870 bits per heavy atom. The van der Waals surface area contributed by atoms with Crippen LogP contribution in [0, 0.1) is 0 Å². The Balaban J connectivity index is 1.63. The number of fused-ring (bicyclic) bond motifs is 4. The van der Waals surface area contributed by atoms with E-state index >= 15 is 0 Å². The van der Waals surface area contributed by atoms with Gasteiger partial charge in [-0.15, -0.1) is 11.3 Å². The smallest absolute Gasteiger partial charge is 0.231 e. The molecule has 0 amide bonds. The van der Waals surface area contributed by atoms with Crippen molar-refractivity contribution in [2.75, 3.05) is 0 Å². The molecule has 5 heteroatoms. The lowest BCUT2D eigenvalue weighted by molar-refractivity contribution is 0.469. The molecule has 0 saturated heterocycles. The molecule has 0 aliphatic rings. The number of rotatable bonds is 2. The molecule has 0 spiro atoms. The molecule has 3 heterocycles. The number of hydrogen-bond donors (Lipinski definition) is 1. The Hall–Kier alpha value is -2.92. The number of ether oxygens (including phenoxy) is 1. The monoisotopic (exact) mass is 317 g/mol. The van der Waals surface area contributed by atoms with Crippen LogP contribution in [0.1, 0.15) is 0 Å². The molecule has 0 atom stereocenters. The third kappa shape index (κ3) is 1.98. The topological polar surface area (TPSA) is 50.8 Å². The summed E-state index contributed by atoms with van der Waals surface area (Å²) in [6.45, 7) is 0. The van der Waals surface area contributed by atoms with Crippen LogP contribution in [0.5, 0.6) is 11.6 Å². The molecule has 0 fully saturated rings. The number of thiophene rings is 1. The quantitative estimate of drug-likeness (QED) is 0.492. The molecule has 0 aliphatic heterocycles. The minimum atomic E-state index is 0.590. The van der Waals surface area contributed by atoms with Crippen molar-refractivity contribution in [2.24, 2.45) is 0 Å². The lowest BCUT2D eigenvalue weighted by Crippen LogP contribution is -1.89. The summed E-state index contributed by atoms with van der Waals surface area (Å²) in [7, 11) is 0. The van der Waals surface area contributed by atoms with Gasteiger partial charge < -0.3 is 9.72 Å². The maximum absolute atomic E-state index is 5.99. The zero-order valence-corrected chi connectivity index (χ0v) is 12.8.